The molecule has 1 rings (SSSR count). The lowest BCUT2D eigenvalue weighted by Crippen LogP contribution is -2.62. The van der Waals surface area contributed by atoms with Crippen molar-refractivity contribution in [3.8, 4) is 0 Å². The summed E-state index contributed by atoms with van der Waals surface area (Å²) in [5.74, 6) is -14.1. The quantitative estimate of drug-likeness (QED) is 0.0164. The van der Waals surface area contributed by atoms with Crippen LogP contribution >= 0.6 is 0 Å². The summed E-state index contributed by atoms with van der Waals surface area (Å²) < 4.78 is 0. The lowest BCUT2D eigenvalue weighted by molar-refractivity contribution is -0.143. The van der Waals surface area contributed by atoms with Crippen molar-refractivity contribution in [2.24, 2.45) is 72.5 Å². The number of imidazole rings is 1. The first kappa shape index (κ1) is 77.5. The van der Waals surface area contributed by atoms with Crippen molar-refractivity contribution in [1.29, 1.82) is 0 Å². The van der Waals surface area contributed by atoms with Gasteiger partial charge in [0.05, 0.1) is 25.6 Å². The molecule has 0 saturated carbocycles. The molecule has 0 aliphatic rings. The predicted molar refractivity (Wildman–Crippen MR) is 317 cm³/mol. The third kappa shape index (κ3) is 31.6. The van der Waals surface area contributed by atoms with E-state index in [4.69, 9.17) is 51.6 Å². The molecule has 11 atom stereocenters. The molecule has 0 bridgehead atoms. The smallest absolute Gasteiger partial charge is 0.326 e. The van der Waals surface area contributed by atoms with E-state index in [1.165, 1.54) is 12.5 Å². The zero-order valence-electron chi connectivity index (χ0n) is 49.8. The van der Waals surface area contributed by atoms with Gasteiger partial charge < -0.3 is 125 Å². The van der Waals surface area contributed by atoms with E-state index in [-0.39, 0.29) is 107 Å². The highest BCUT2D eigenvalue weighted by Gasteiger charge is 2.37. The number of carboxylic acids is 1. The number of hydrogen-bond donors (Lipinski definition) is 23. The minimum absolute atomic E-state index is 0.0112. The third-order valence-electron chi connectivity index (χ3n) is 12.7. The molecule has 1 heterocycles. The van der Waals surface area contributed by atoms with E-state index in [0.717, 1.165) is 6.92 Å². The number of aromatic nitrogens is 2. The first-order valence-electron chi connectivity index (χ1n) is 28.1. The molecule has 11 amide bonds. The van der Waals surface area contributed by atoms with Gasteiger partial charge in [-0.3, -0.25) is 67.7 Å². The van der Waals surface area contributed by atoms with Crippen LogP contribution in [0.3, 0.4) is 0 Å². The maximum Gasteiger partial charge on any atom is 0.326 e. The van der Waals surface area contributed by atoms with Gasteiger partial charge in [0, 0.05) is 50.8 Å². The van der Waals surface area contributed by atoms with Crippen molar-refractivity contribution in [3.05, 3.63) is 18.2 Å². The molecule has 0 aliphatic carbocycles. The van der Waals surface area contributed by atoms with Crippen LogP contribution in [-0.2, 0) is 64.0 Å². The number of amides is 11. The number of nitrogens with two attached hydrogens (primary N) is 9. The topological polar surface area (TPSA) is 694 Å². The Balaban J connectivity index is 3.64. The molecule has 0 aliphatic heterocycles. The fourth-order valence-electron chi connectivity index (χ4n) is 8.06. The van der Waals surface area contributed by atoms with Crippen molar-refractivity contribution in [2.45, 2.75) is 164 Å². The second kappa shape index (κ2) is 40.8. The summed E-state index contributed by atoms with van der Waals surface area (Å²) in [5.41, 5.74) is 49.0. The summed E-state index contributed by atoms with van der Waals surface area (Å²) in [4.78, 5) is 178. The Bertz CT molecular complexity index is 2610. The number of carbonyl (C=O) groups excluding carboxylic acids is 11. The van der Waals surface area contributed by atoms with Crippen LogP contribution in [0.5, 0.6) is 0 Å². The molecular formula is C50H89N23O16. The second-order valence-corrected chi connectivity index (χ2v) is 20.8. The number of carbonyl (C=O) groups is 12. The molecular weight excluding hydrogens is 1180 g/mol. The van der Waals surface area contributed by atoms with Gasteiger partial charge in [0.25, 0.3) is 0 Å². The summed E-state index contributed by atoms with van der Waals surface area (Å²) in [5, 5.41) is 61.9. The minimum Gasteiger partial charge on any atom is -0.480 e. The summed E-state index contributed by atoms with van der Waals surface area (Å²) in [6, 6.07) is -16.2. The maximum atomic E-state index is 14.4. The highest BCUT2D eigenvalue weighted by molar-refractivity contribution is 5.99. The fraction of sp³-hybridized carbons (Fsp3) is 0.640. The number of guanidine groups is 3. The van der Waals surface area contributed by atoms with Crippen molar-refractivity contribution in [2.75, 3.05) is 32.8 Å². The molecule has 39 nitrogen and oxygen atoms in total. The first-order valence-corrected chi connectivity index (χ1v) is 28.1. The van der Waals surface area contributed by atoms with E-state index >= 15 is 0 Å². The summed E-state index contributed by atoms with van der Waals surface area (Å²) >= 11 is 0. The number of hydrogen-bond acceptors (Lipinski definition) is 20. The Labute approximate surface area is 511 Å². The van der Waals surface area contributed by atoms with E-state index in [1.54, 1.807) is 13.8 Å². The zero-order chi connectivity index (χ0) is 67.5. The van der Waals surface area contributed by atoms with Gasteiger partial charge in [0.2, 0.25) is 65.0 Å². The van der Waals surface area contributed by atoms with Crippen LogP contribution in [0, 0.1) is 5.92 Å². The van der Waals surface area contributed by atoms with Crippen LogP contribution in [-0.4, -0.2) is 219 Å². The molecule has 0 unspecified atom stereocenters. The Morgan fingerprint density at radius 2 is 0.843 bits per heavy atom. The van der Waals surface area contributed by atoms with Gasteiger partial charge >= 0.3 is 5.97 Å². The monoisotopic (exact) mass is 1270 g/mol. The average Bonchev–Trinajstić information content (AvgIpc) is 3.57. The molecule has 1 aromatic rings. The highest BCUT2D eigenvalue weighted by Crippen LogP contribution is 2.12. The Morgan fingerprint density at radius 1 is 0.483 bits per heavy atom. The number of carboxylic acid groups (broad SMARTS) is 1. The lowest BCUT2D eigenvalue weighted by atomic mass is 10.0. The molecule has 89 heavy (non-hydrogen) atoms. The van der Waals surface area contributed by atoms with Gasteiger partial charge in [-0.2, -0.15) is 0 Å². The Morgan fingerprint density at radius 3 is 1.22 bits per heavy atom. The van der Waals surface area contributed by atoms with E-state index in [9.17, 15) is 78.0 Å². The largest absolute Gasteiger partial charge is 0.480 e. The van der Waals surface area contributed by atoms with E-state index in [1.807, 2.05) is 0 Å². The minimum atomic E-state index is -1.87. The Hall–Kier alpha value is -9.50. The van der Waals surface area contributed by atoms with Crippen LogP contribution < -0.4 is 99.5 Å². The van der Waals surface area contributed by atoms with E-state index < -0.39 is 170 Å². The predicted octanol–water partition coefficient (Wildman–Crippen LogP) is -11.2. The average molecular weight is 1270 g/mol. The lowest BCUT2D eigenvalue weighted by Gasteiger charge is -2.29. The zero-order valence-corrected chi connectivity index (χ0v) is 49.8. The van der Waals surface area contributed by atoms with Crippen molar-refractivity contribution >= 4 is 88.8 Å². The van der Waals surface area contributed by atoms with Gasteiger partial charge in [-0.25, -0.2) is 9.78 Å². The Kier molecular flexibility index (Phi) is 35.5. The SMILES string of the molecule is CC(C)C[C@H](NC(=O)[C@H](CO)NC(=O)[C@H](Cc1cnc[nH]1)NC(=O)[C@H](CCCN=C(N)N)NC(=O)[C@H](CCCN=C(N)N)NC(=O)[C@H](CCC(N)=O)NC(=O)[C@@H](N)CO)C(=O)N[C@H](C(=O)N[C@@H](CCCN=C(N)N)C(=O)N[C@@H](CCC(N)=O)C(=O)O)[C@@H](C)O. The number of nitrogens with zero attached hydrogens (tertiary/aromatic N) is 4. The van der Waals surface area contributed by atoms with Gasteiger partial charge in [-0.1, -0.05) is 13.8 Å². The normalized spacial score (nSPS) is 14.7. The molecule has 0 spiro atoms. The number of rotatable bonds is 44. The van der Waals surface area contributed by atoms with Gasteiger partial charge in [-0.15, -0.1) is 0 Å². The summed E-state index contributed by atoms with van der Waals surface area (Å²) in [6.45, 7) is 2.32. The number of aliphatic carboxylic acids is 1. The maximum absolute atomic E-state index is 14.4. The van der Waals surface area contributed by atoms with Crippen LogP contribution in [0.15, 0.2) is 27.5 Å². The van der Waals surface area contributed by atoms with E-state index in [0.29, 0.717) is 0 Å². The van der Waals surface area contributed by atoms with Crippen LogP contribution in [0.4, 0.5) is 0 Å². The standard InChI is InChI=1S/C50H89N23O16/c1-23(2)17-32(44(85)73-37(24(3)76)46(87)68-29(9-6-16-63-50(58)59)40(81)69-31(47(88)89)11-13-36(53)78)70-45(86)34(21-75)72-43(84)33(18-25-19-60-22-64-25)71-41(82)28(8-5-15-62-49(56)57)66-39(80)27(7-4-14-61-48(54)55)67-42(83)30(10-12-35(52)77)65-38(79)26(51)20-74/h19,22-24,26-34,37,74-76H,4-18,20-21,51H2,1-3H3,(H2,52,77)(H2,53,78)(H,60,64)(H,65,79)(H,66,80)(H,67,83)(H,68,87)(H,69,81)(H,70,86)(H,71,82)(H,72,84)(H,73,85)(H,88,89)(H4,54,55,61)(H4,56,57,62)(H4,58,59,63)/t24-,26+,27+,28+,29+,30+,31+,32+,33+,34+,37+/m1/s1. The van der Waals surface area contributed by atoms with Crippen molar-refractivity contribution in [3.63, 3.8) is 0 Å². The molecule has 0 saturated heterocycles. The summed E-state index contributed by atoms with van der Waals surface area (Å²) in [7, 11) is 0. The molecule has 1 aromatic heterocycles. The second-order valence-electron chi connectivity index (χ2n) is 20.8. The molecule has 39 heteroatoms. The number of nitrogens with one attached hydrogen (secondary N) is 10. The molecule has 32 N–H and O–H groups in total. The van der Waals surface area contributed by atoms with E-state index in [2.05, 4.69) is 72.8 Å². The number of aliphatic hydroxyl groups is 3. The van der Waals surface area contributed by atoms with Crippen molar-refractivity contribution < 1.29 is 78.0 Å². The number of primary amides is 2. The van der Waals surface area contributed by atoms with Gasteiger partial charge in [0.15, 0.2) is 17.9 Å². The summed E-state index contributed by atoms with van der Waals surface area (Å²) in [6.07, 6.45) is -1.88. The van der Waals surface area contributed by atoms with Gasteiger partial charge in [-0.05, 0) is 70.6 Å². The first-order chi connectivity index (χ1) is 41.8. The molecule has 500 valence electrons. The molecule has 0 aromatic carbocycles. The van der Waals surface area contributed by atoms with Crippen LogP contribution in [0.25, 0.3) is 0 Å². The number of aliphatic imine (C=N–C) groups is 3. The van der Waals surface area contributed by atoms with Crippen molar-refractivity contribution in [1.82, 2.24) is 57.8 Å². The van der Waals surface area contributed by atoms with Gasteiger partial charge in [0.1, 0.15) is 60.4 Å². The number of aromatic amines is 1. The highest BCUT2D eigenvalue weighted by atomic mass is 16.4. The number of aliphatic hydroxyl groups excluding tert-OH is 3. The van der Waals surface area contributed by atoms with Crippen LogP contribution in [0.1, 0.15) is 97.1 Å². The fourth-order valence-corrected chi connectivity index (χ4v) is 8.06. The molecule has 0 radical (unpaired) electrons. The molecule has 0 fully saturated rings. The third-order valence-corrected chi connectivity index (χ3v) is 12.7. The number of H-pyrrole nitrogens is 1. The van der Waals surface area contributed by atoms with Crippen LogP contribution in [0.2, 0.25) is 0 Å².